The van der Waals surface area contributed by atoms with Gasteiger partial charge in [-0.15, -0.1) is 11.3 Å². The van der Waals surface area contributed by atoms with E-state index in [0.29, 0.717) is 47.9 Å². The summed E-state index contributed by atoms with van der Waals surface area (Å²) in [5.41, 5.74) is 4.31. The summed E-state index contributed by atoms with van der Waals surface area (Å²) in [7, 11) is 5.66. The molecule has 0 bridgehead atoms. The van der Waals surface area contributed by atoms with Crippen LogP contribution in [0.1, 0.15) is 85.2 Å². The second kappa shape index (κ2) is 15.1. The number of hydrogen-bond acceptors (Lipinski definition) is 10. The molecule has 0 radical (unpaired) electrons. The molecule has 3 aromatic heterocycles. The predicted molar refractivity (Wildman–Crippen MR) is 211 cm³/mol. The normalized spacial score (nSPS) is 21.3. The summed E-state index contributed by atoms with van der Waals surface area (Å²) < 4.78 is 9.95. The molecule has 5 aromatic rings. The van der Waals surface area contributed by atoms with E-state index in [9.17, 15) is 19.2 Å². The van der Waals surface area contributed by atoms with Gasteiger partial charge < -0.3 is 19.9 Å². The number of hydrogen-bond donors (Lipinski definition) is 1. The van der Waals surface area contributed by atoms with Gasteiger partial charge in [0.25, 0.3) is 5.91 Å². The Labute approximate surface area is 318 Å². The number of aromatic nitrogens is 4. The summed E-state index contributed by atoms with van der Waals surface area (Å²) >= 11 is 1.71. The highest BCUT2D eigenvalue weighted by Gasteiger charge is 2.33. The first kappa shape index (κ1) is 36.1. The maximum atomic E-state index is 13.5. The number of para-hydroxylation sites is 1. The molecule has 1 atom stereocenters. The monoisotopic (exact) mass is 749 g/mol. The highest BCUT2D eigenvalue weighted by molar-refractivity contribution is 7.18. The number of anilines is 2. The zero-order valence-corrected chi connectivity index (χ0v) is 31.9. The van der Waals surface area contributed by atoms with E-state index >= 15 is 0 Å². The van der Waals surface area contributed by atoms with Crippen molar-refractivity contribution in [2.75, 3.05) is 44.0 Å². The van der Waals surface area contributed by atoms with Crippen LogP contribution < -0.4 is 20.6 Å². The van der Waals surface area contributed by atoms with Crippen LogP contribution in [0.5, 0.6) is 5.75 Å². The summed E-state index contributed by atoms with van der Waals surface area (Å²) in [6.07, 6.45) is 8.88. The van der Waals surface area contributed by atoms with Gasteiger partial charge in [-0.3, -0.25) is 28.5 Å². The molecule has 13 heteroatoms. The first-order chi connectivity index (χ1) is 26.2. The van der Waals surface area contributed by atoms with Gasteiger partial charge >= 0.3 is 5.69 Å². The van der Waals surface area contributed by atoms with Crippen LogP contribution in [0.3, 0.4) is 0 Å². The number of nitrogens with one attached hydrogen (secondary N) is 1. The minimum absolute atomic E-state index is 0.0429. The lowest BCUT2D eigenvalue weighted by atomic mass is 9.82. The number of ketones is 2. The van der Waals surface area contributed by atoms with E-state index in [1.807, 2.05) is 24.3 Å². The van der Waals surface area contributed by atoms with Gasteiger partial charge in [-0.05, 0) is 88.2 Å². The number of methoxy groups -OCH3 is 1. The van der Waals surface area contributed by atoms with Crippen molar-refractivity contribution < 1.29 is 19.1 Å². The van der Waals surface area contributed by atoms with Crippen molar-refractivity contribution in [3.05, 3.63) is 75.9 Å². The molecule has 12 nitrogen and oxygen atoms in total. The number of Topliss-reactive ketones (excluding diaryl/α,β-unsaturated/α-hetero) is 2. The van der Waals surface area contributed by atoms with Gasteiger partial charge in [-0.1, -0.05) is 12.1 Å². The maximum absolute atomic E-state index is 13.5. The largest absolute Gasteiger partial charge is 0.494 e. The Morgan fingerprint density at radius 2 is 1.80 bits per heavy atom. The first-order valence-electron chi connectivity index (χ1n) is 19.1. The third kappa shape index (κ3) is 6.95. The Morgan fingerprint density at radius 1 is 1.00 bits per heavy atom. The van der Waals surface area contributed by atoms with E-state index < -0.39 is 6.04 Å². The van der Waals surface area contributed by atoms with Crippen LogP contribution in [0.2, 0.25) is 0 Å². The number of ether oxygens (including phenoxy) is 1. The third-order valence-corrected chi connectivity index (χ3v) is 13.1. The topological polar surface area (TPSA) is 132 Å². The van der Waals surface area contributed by atoms with Crippen LogP contribution in [0.15, 0.2) is 59.5 Å². The summed E-state index contributed by atoms with van der Waals surface area (Å²) in [6.45, 7) is 2.88. The molecule has 1 amide bonds. The molecule has 54 heavy (non-hydrogen) atoms. The highest BCUT2D eigenvalue weighted by Crippen LogP contribution is 2.42. The van der Waals surface area contributed by atoms with Gasteiger partial charge in [0.1, 0.15) is 17.2 Å². The Bertz CT molecular complexity index is 2260. The van der Waals surface area contributed by atoms with Crippen molar-refractivity contribution in [2.45, 2.75) is 75.8 Å². The van der Waals surface area contributed by atoms with Crippen molar-refractivity contribution in [1.29, 1.82) is 0 Å². The summed E-state index contributed by atoms with van der Waals surface area (Å²) in [6, 6.07) is 15.0. The van der Waals surface area contributed by atoms with E-state index in [-0.39, 0.29) is 29.6 Å². The van der Waals surface area contributed by atoms with Gasteiger partial charge in [-0.2, -0.15) is 0 Å². The number of aryl methyl sites for hydroxylation is 1. The van der Waals surface area contributed by atoms with Gasteiger partial charge in [0.05, 0.1) is 57.2 Å². The molecule has 3 aliphatic rings. The summed E-state index contributed by atoms with van der Waals surface area (Å²) in [5, 5.41) is 4.11. The number of carbonyl (C=O) groups excluding carboxylic acids is 3. The summed E-state index contributed by atoms with van der Waals surface area (Å²) in [5.74, 6) is 1.17. The zero-order valence-electron chi connectivity index (χ0n) is 31.1. The number of piperidine rings is 1. The lowest BCUT2D eigenvalue weighted by molar-refractivity contribution is -0.132. The number of thiazole rings is 1. The van der Waals surface area contributed by atoms with E-state index in [1.165, 1.54) is 12.8 Å². The van der Waals surface area contributed by atoms with Crippen molar-refractivity contribution in [3.63, 3.8) is 0 Å². The molecule has 2 aliphatic carbocycles. The minimum Gasteiger partial charge on any atom is -0.494 e. The number of benzene rings is 2. The number of carbonyl (C=O) groups is 3. The lowest BCUT2D eigenvalue weighted by Gasteiger charge is -2.40. The number of rotatable bonds is 9. The van der Waals surface area contributed by atoms with E-state index in [0.717, 1.165) is 77.3 Å². The fraction of sp³-hybridized carbons (Fsp3) is 0.463. The average molecular weight is 750 g/mol. The Balaban J connectivity index is 0.868. The second-order valence-corrected chi connectivity index (χ2v) is 16.3. The van der Waals surface area contributed by atoms with Crippen molar-refractivity contribution in [2.24, 2.45) is 13.0 Å². The van der Waals surface area contributed by atoms with E-state index in [1.54, 1.807) is 59.0 Å². The molecular weight excluding hydrogens is 703 g/mol. The van der Waals surface area contributed by atoms with Gasteiger partial charge in [0.2, 0.25) is 0 Å². The van der Waals surface area contributed by atoms with Crippen LogP contribution in [0, 0.1) is 5.92 Å². The quantitative estimate of drug-likeness (QED) is 0.172. The molecule has 1 saturated heterocycles. The number of pyridine rings is 1. The summed E-state index contributed by atoms with van der Waals surface area (Å²) in [4.78, 5) is 65.1. The molecule has 282 valence electrons. The molecule has 1 aliphatic heterocycles. The lowest BCUT2D eigenvalue weighted by Crippen LogP contribution is -2.45. The van der Waals surface area contributed by atoms with Crippen LogP contribution in [-0.4, -0.2) is 81.3 Å². The van der Waals surface area contributed by atoms with Crippen LogP contribution in [0.25, 0.3) is 21.3 Å². The molecule has 4 heterocycles. The number of nitrogens with zero attached hydrogens (tertiary/aromatic N) is 6. The van der Waals surface area contributed by atoms with Gasteiger partial charge in [-0.25, -0.2) is 9.78 Å². The molecular formula is C41H47N7O5S. The SMILES string of the molecule is COc1cc2nc(C3CCC(CN(C)C4CCN(c5cccc6c5n(C)c(=O)n6C5CCC(=O)CC5=O)CC4)CC3)sc2cc1NC(=O)c1ccccn1. The second-order valence-electron chi connectivity index (χ2n) is 15.2. The Hall–Kier alpha value is -4.88. The number of imidazole rings is 1. The van der Waals surface area contributed by atoms with Crippen LogP contribution in [-0.2, 0) is 16.6 Å². The molecule has 8 rings (SSSR count). The Morgan fingerprint density at radius 3 is 2.52 bits per heavy atom. The van der Waals surface area contributed by atoms with Crippen molar-refractivity contribution in [3.8, 4) is 5.75 Å². The molecule has 1 N–H and O–H groups in total. The van der Waals surface area contributed by atoms with E-state index in [2.05, 4.69) is 33.2 Å². The van der Waals surface area contributed by atoms with Crippen LogP contribution >= 0.6 is 11.3 Å². The molecule has 2 saturated carbocycles. The van der Waals surface area contributed by atoms with Crippen molar-refractivity contribution >= 4 is 61.4 Å². The first-order valence-corrected chi connectivity index (χ1v) is 19.9. The standard InChI is InChI=1S/C41H47N7O5S/c1-45(27-16-19-47(20-17-27)33-8-6-9-34-38(33)46(2)41(52)48(34)32-15-14-28(49)21-35(32)50)24-25-10-12-26(13-11-25)40-44-31-22-36(53-3)30(23-37(31)54-40)43-39(51)29-7-4-5-18-42-29/h4-9,18,22-23,25-27,32H,10-17,19-21,24H2,1-3H3,(H,43,51). The number of amides is 1. The maximum Gasteiger partial charge on any atom is 0.329 e. The van der Waals surface area contributed by atoms with E-state index in [4.69, 9.17) is 9.72 Å². The fourth-order valence-electron chi connectivity index (χ4n) is 8.90. The minimum atomic E-state index is -0.582. The molecule has 2 aromatic carbocycles. The Kier molecular flexibility index (Phi) is 10.1. The molecule has 0 spiro atoms. The molecule has 1 unspecified atom stereocenters. The van der Waals surface area contributed by atoms with Crippen LogP contribution in [0.4, 0.5) is 11.4 Å². The predicted octanol–water partition coefficient (Wildman–Crippen LogP) is 6.34. The third-order valence-electron chi connectivity index (χ3n) is 11.9. The van der Waals surface area contributed by atoms with Gasteiger partial charge in [0, 0.05) is 57.3 Å². The number of fused-ring (bicyclic) bond motifs is 2. The molecule has 3 fully saturated rings. The van der Waals surface area contributed by atoms with Gasteiger partial charge in [0.15, 0.2) is 5.78 Å². The average Bonchev–Trinajstić information content (AvgIpc) is 3.72. The van der Waals surface area contributed by atoms with Crippen molar-refractivity contribution in [1.82, 2.24) is 24.0 Å². The highest BCUT2D eigenvalue weighted by atomic mass is 32.1. The fourth-order valence-corrected chi connectivity index (χ4v) is 10.1. The smallest absolute Gasteiger partial charge is 0.329 e. The zero-order chi connectivity index (χ0) is 37.5.